The van der Waals surface area contributed by atoms with Gasteiger partial charge >= 0.3 is 0 Å². The van der Waals surface area contributed by atoms with Gasteiger partial charge in [0.05, 0.1) is 12.8 Å². The number of nitrogens with two attached hydrogens (primary N) is 1. The van der Waals surface area contributed by atoms with Gasteiger partial charge in [0.15, 0.2) is 0 Å². The van der Waals surface area contributed by atoms with E-state index in [1.807, 2.05) is 38.1 Å². The van der Waals surface area contributed by atoms with Gasteiger partial charge in [-0.25, -0.2) is 0 Å². The lowest BCUT2D eigenvalue weighted by atomic mass is 10.1. The Hall–Kier alpha value is -2.49. The number of amides is 1. The minimum atomic E-state index is -0.0698. The average molecular weight is 284 g/mol. The second-order valence-electron chi connectivity index (χ2n) is 4.84. The number of nitrogens with zero attached hydrogens (tertiary/aromatic N) is 1. The summed E-state index contributed by atoms with van der Waals surface area (Å²) in [7, 11) is 1.54. The number of aryl methyl sites for hydroxylation is 1. The number of rotatable bonds is 4. The molecule has 0 bridgehead atoms. The highest BCUT2D eigenvalue weighted by Crippen LogP contribution is 2.24. The number of nitrogen functional groups attached to an aromatic ring is 1. The highest BCUT2D eigenvalue weighted by Gasteiger charge is 2.17. The number of anilines is 2. The van der Waals surface area contributed by atoms with Crippen molar-refractivity contribution in [3.8, 4) is 5.75 Å². The molecule has 2 rings (SSSR count). The van der Waals surface area contributed by atoms with E-state index in [-0.39, 0.29) is 5.91 Å². The second kappa shape index (κ2) is 6.31. The van der Waals surface area contributed by atoms with Crippen LogP contribution in [0.25, 0.3) is 0 Å². The van der Waals surface area contributed by atoms with Gasteiger partial charge < -0.3 is 15.4 Å². The lowest BCUT2D eigenvalue weighted by molar-refractivity contribution is 0.0988. The lowest BCUT2D eigenvalue weighted by Crippen LogP contribution is -2.30. The predicted molar refractivity (Wildman–Crippen MR) is 85.9 cm³/mol. The smallest absolute Gasteiger partial charge is 0.258 e. The number of ether oxygens (including phenoxy) is 1. The number of methoxy groups -OCH3 is 1. The molecule has 0 aromatic heterocycles. The maximum absolute atomic E-state index is 12.7. The molecule has 2 aromatic carbocycles. The van der Waals surface area contributed by atoms with Crippen molar-refractivity contribution in [2.75, 3.05) is 24.3 Å². The van der Waals surface area contributed by atoms with Crippen LogP contribution in [0, 0.1) is 6.92 Å². The van der Waals surface area contributed by atoms with E-state index in [0.29, 0.717) is 23.5 Å². The van der Waals surface area contributed by atoms with Gasteiger partial charge in [-0.1, -0.05) is 17.7 Å². The van der Waals surface area contributed by atoms with Crippen molar-refractivity contribution < 1.29 is 9.53 Å². The van der Waals surface area contributed by atoms with Crippen LogP contribution in [0.1, 0.15) is 22.8 Å². The molecule has 0 aliphatic rings. The molecule has 2 N–H and O–H groups in total. The average Bonchev–Trinajstić information content (AvgIpc) is 2.50. The SMILES string of the molecule is CCN(C(=O)c1ccc(N)c(OC)c1)c1ccc(C)cc1. The Morgan fingerprint density at radius 3 is 2.43 bits per heavy atom. The van der Waals surface area contributed by atoms with Crippen molar-refractivity contribution in [2.45, 2.75) is 13.8 Å². The second-order valence-corrected chi connectivity index (χ2v) is 4.84. The molecule has 0 aliphatic carbocycles. The fraction of sp³-hybridized carbons (Fsp3) is 0.235. The Morgan fingerprint density at radius 1 is 1.19 bits per heavy atom. The van der Waals surface area contributed by atoms with Gasteiger partial charge in [-0.2, -0.15) is 0 Å². The van der Waals surface area contributed by atoms with E-state index in [9.17, 15) is 4.79 Å². The molecule has 21 heavy (non-hydrogen) atoms. The van der Waals surface area contributed by atoms with Gasteiger partial charge in [0, 0.05) is 17.8 Å². The number of carbonyl (C=O) groups excluding carboxylic acids is 1. The van der Waals surface area contributed by atoms with Crippen LogP contribution in [-0.4, -0.2) is 19.6 Å². The monoisotopic (exact) mass is 284 g/mol. The Balaban J connectivity index is 2.34. The zero-order chi connectivity index (χ0) is 15.4. The van der Waals surface area contributed by atoms with Gasteiger partial charge in [-0.05, 0) is 44.2 Å². The van der Waals surface area contributed by atoms with Crippen LogP contribution in [0.4, 0.5) is 11.4 Å². The third kappa shape index (κ3) is 3.16. The summed E-state index contributed by atoms with van der Waals surface area (Å²) in [5.74, 6) is 0.445. The fourth-order valence-corrected chi connectivity index (χ4v) is 2.17. The van der Waals surface area contributed by atoms with Crippen LogP contribution in [0.3, 0.4) is 0 Å². The summed E-state index contributed by atoms with van der Waals surface area (Å²) in [6.07, 6.45) is 0. The van der Waals surface area contributed by atoms with Gasteiger partial charge in [-0.3, -0.25) is 4.79 Å². The normalized spacial score (nSPS) is 10.2. The van der Waals surface area contributed by atoms with E-state index in [2.05, 4.69) is 0 Å². The van der Waals surface area contributed by atoms with E-state index >= 15 is 0 Å². The van der Waals surface area contributed by atoms with Gasteiger partial charge in [0.1, 0.15) is 5.75 Å². The summed E-state index contributed by atoms with van der Waals surface area (Å²) >= 11 is 0. The summed E-state index contributed by atoms with van der Waals surface area (Å²) in [4.78, 5) is 14.4. The number of hydrogen-bond donors (Lipinski definition) is 1. The molecule has 1 amide bonds. The molecule has 0 heterocycles. The summed E-state index contributed by atoms with van der Waals surface area (Å²) in [5.41, 5.74) is 8.91. The van der Waals surface area contributed by atoms with E-state index in [1.54, 1.807) is 23.1 Å². The maximum Gasteiger partial charge on any atom is 0.258 e. The molecule has 0 atom stereocenters. The van der Waals surface area contributed by atoms with Crippen molar-refractivity contribution in [1.29, 1.82) is 0 Å². The van der Waals surface area contributed by atoms with Crippen molar-refractivity contribution in [3.05, 3.63) is 53.6 Å². The molecular weight excluding hydrogens is 264 g/mol. The Morgan fingerprint density at radius 2 is 1.86 bits per heavy atom. The molecule has 0 spiro atoms. The van der Waals surface area contributed by atoms with Crippen molar-refractivity contribution in [2.24, 2.45) is 0 Å². The molecule has 0 saturated carbocycles. The molecule has 110 valence electrons. The molecule has 0 aliphatic heterocycles. The first kappa shape index (κ1) is 14.9. The van der Waals surface area contributed by atoms with Crippen molar-refractivity contribution in [3.63, 3.8) is 0 Å². The number of hydrogen-bond acceptors (Lipinski definition) is 3. The van der Waals surface area contributed by atoms with Crippen molar-refractivity contribution >= 4 is 17.3 Å². The van der Waals surface area contributed by atoms with Crippen LogP contribution >= 0.6 is 0 Å². The van der Waals surface area contributed by atoms with Crippen LogP contribution < -0.4 is 15.4 Å². The highest BCUT2D eigenvalue weighted by molar-refractivity contribution is 6.06. The Kier molecular flexibility index (Phi) is 4.48. The summed E-state index contributed by atoms with van der Waals surface area (Å²) in [5, 5.41) is 0. The van der Waals surface area contributed by atoms with Crippen LogP contribution in [0.2, 0.25) is 0 Å². The summed E-state index contributed by atoms with van der Waals surface area (Å²) in [6, 6.07) is 13.0. The first-order valence-corrected chi connectivity index (χ1v) is 6.89. The zero-order valence-corrected chi connectivity index (χ0v) is 12.6. The number of benzene rings is 2. The van der Waals surface area contributed by atoms with Gasteiger partial charge in [0.25, 0.3) is 5.91 Å². The van der Waals surface area contributed by atoms with E-state index in [1.165, 1.54) is 7.11 Å². The molecule has 0 fully saturated rings. The number of carbonyl (C=O) groups is 1. The Bertz CT molecular complexity index is 636. The Labute approximate surface area is 125 Å². The first-order chi connectivity index (χ1) is 10.1. The van der Waals surface area contributed by atoms with Crippen LogP contribution in [-0.2, 0) is 0 Å². The van der Waals surface area contributed by atoms with E-state index in [0.717, 1.165) is 11.3 Å². The third-order valence-corrected chi connectivity index (χ3v) is 3.39. The van der Waals surface area contributed by atoms with Gasteiger partial charge in [-0.15, -0.1) is 0 Å². The predicted octanol–water partition coefficient (Wildman–Crippen LogP) is 3.25. The lowest BCUT2D eigenvalue weighted by Gasteiger charge is -2.21. The fourth-order valence-electron chi connectivity index (χ4n) is 2.17. The largest absolute Gasteiger partial charge is 0.495 e. The summed E-state index contributed by atoms with van der Waals surface area (Å²) < 4.78 is 5.17. The van der Waals surface area contributed by atoms with Crippen molar-refractivity contribution in [1.82, 2.24) is 0 Å². The minimum absolute atomic E-state index is 0.0698. The molecule has 0 radical (unpaired) electrons. The van der Waals surface area contributed by atoms with Crippen LogP contribution in [0.15, 0.2) is 42.5 Å². The minimum Gasteiger partial charge on any atom is -0.495 e. The van der Waals surface area contributed by atoms with Crippen LogP contribution in [0.5, 0.6) is 5.75 Å². The zero-order valence-electron chi connectivity index (χ0n) is 12.6. The molecule has 0 saturated heterocycles. The topological polar surface area (TPSA) is 55.6 Å². The van der Waals surface area contributed by atoms with Gasteiger partial charge in [0.2, 0.25) is 0 Å². The van der Waals surface area contributed by atoms with E-state index in [4.69, 9.17) is 10.5 Å². The molecule has 2 aromatic rings. The molecule has 4 heteroatoms. The quantitative estimate of drug-likeness (QED) is 0.877. The standard InChI is InChI=1S/C17H20N2O2/c1-4-19(14-8-5-12(2)6-9-14)17(20)13-7-10-15(18)16(11-13)21-3/h5-11H,4,18H2,1-3H3. The van der Waals surface area contributed by atoms with E-state index < -0.39 is 0 Å². The third-order valence-electron chi connectivity index (χ3n) is 3.39. The highest BCUT2D eigenvalue weighted by atomic mass is 16.5. The maximum atomic E-state index is 12.7. The first-order valence-electron chi connectivity index (χ1n) is 6.89. The molecule has 0 unspecified atom stereocenters. The molecular formula is C17H20N2O2. The summed E-state index contributed by atoms with van der Waals surface area (Å²) in [6.45, 7) is 4.56. The molecule has 4 nitrogen and oxygen atoms in total.